The first-order valence-electron chi connectivity index (χ1n) is 8.70. The number of hydrogen-bond donors (Lipinski definition) is 1. The lowest BCUT2D eigenvalue weighted by Gasteiger charge is -2.07. The Bertz CT molecular complexity index is 985. The minimum atomic E-state index is -0.443. The normalized spacial score (nSPS) is 10.6. The summed E-state index contributed by atoms with van der Waals surface area (Å²) < 4.78 is 1.88. The van der Waals surface area contributed by atoms with Crippen molar-refractivity contribution in [3.63, 3.8) is 0 Å². The number of carbonyl (C=O) groups excluding carboxylic acids is 1. The van der Waals surface area contributed by atoms with Crippen LogP contribution in [0, 0.1) is 24.0 Å². The Labute approximate surface area is 166 Å². The molecule has 2 aromatic carbocycles. The summed E-state index contributed by atoms with van der Waals surface area (Å²) in [6.45, 7) is 4.32. The first kappa shape index (κ1) is 19.6. The van der Waals surface area contributed by atoms with E-state index < -0.39 is 4.92 Å². The number of nitrogens with one attached hydrogen (secondary N) is 1. The van der Waals surface area contributed by atoms with Crippen LogP contribution in [0.3, 0.4) is 0 Å². The van der Waals surface area contributed by atoms with Gasteiger partial charge in [0.2, 0.25) is 5.91 Å². The number of nitro groups is 1. The molecule has 0 saturated carbocycles. The number of non-ortho nitro benzene ring substituents is 1. The summed E-state index contributed by atoms with van der Waals surface area (Å²) in [4.78, 5) is 23.2. The Hall–Kier alpha value is -3.13. The fourth-order valence-electron chi connectivity index (χ4n) is 2.80. The Morgan fingerprint density at radius 3 is 2.46 bits per heavy atom. The van der Waals surface area contributed by atoms with Gasteiger partial charge in [-0.3, -0.25) is 14.9 Å². The van der Waals surface area contributed by atoms with Gasteiger partial charge >= 0.3 is 0 Å². The third-order valence-electron chi connectivity index (χ3n) is 4.32. The Morgan fingerprint density at radius 1 is 1.14 bits per heavy atom. The smallest absolute Gasteiger partial charge is 0.269 e. The Balaban J connectivity index is 1.57. The molecule has 28 heavy (non-hydrogen) atoms. The fraction of sp³-hybridized carbons (Fsp3) is 0.200. The molecule has 0 radical (unpaired) electrons. The van der Waals surface area contributed by atoms with E-state index in [9.17, 15) is 14.9 Å². The molecule has 1 amide bonds. The van der Waals surface area contributed by atoms with Gasteiger partial charge in [-0.05, 0) is 38.1 Å². The van der Waals surface area contributed by atoms with Crippen LogP contribution in [0.25, 0.3) is 5.69 Å². The molecular weight excluding hydrogens is 376 g/mol. The van der Waals surface area contributed by atoms with Crippen molar-refractivity contribution in [2.75, 3.05) is 5.75 Å². The maximum atomic E-state index is 12.2. The lowest BCUT2D eigenvalue weighted by Crippen LogP contribution is -2.25. The summed E-state index contributed by atoms with van der Waals surface area (Å²) in [6.07, 6.45) is 0. The molecule has 0 fully saturated rings. The van der Waals surface area contributed by atoms with E-state index in [2.05, 4.69) is 10.4 Å². The van der Waals surface area contributed by atoms with Gasteiger partial charge in [-0.2, -0.15) is 5.10 Å². The number of nitro benzene ring substituents is 1. The van der Waals surface area contributed by atoms with Crippen LogP contribution in [0.15, 0.2) is 59.5 Å². The lowest BCUT2D eigenvalue weighted by molar-refractivity contribution is -0.384. The molecule has 1 heterocycles. The Morgan fingerprint density at radius 2 is 1.82 bits per heavy atom. The van der Waals surface area contributed by atoms with Crippen LogP contribution in [0.1, 0.15) is 17.0 Å². The van der Waals surface area contributed by atoms with E-state index in [1.165, 1.54) is 23.9 Å². The minimum Gasteiger partial charge on any atom is -0.351 e. The zero-order chi connectivity index (χ0) is 20.1. The van der Waals surface area contributed by atoms with E-state index in [0.717, 1.165) is 27.5 Å². The number of carbonyl (C=O) groups is 1. The third kappa shape index (κ3) is 4.58. The highest BCUT2D eigenvalue weighted by Gasteiger charge is 2.14. The maximum absolute atomic E-state index is 12.2. The molecule has 3 rings (SSSR count). The molecule has 0 atom stereocenters. The third-order valence-corrected chi connectivity index (χ3v) is 5.33. The van der Waals surface area contributed by atoms with Crippen molar-refractivity contribution in [2.24, 2.45) is 0 Å². The standard InChI is InChI=1S/C20H20N4O3S/c1-14-19(15(2)23(22-14)16-6-4-3-5-7-16)12-21-20(25)13-28-18-10-8-17(9-11-18)24(26)27/h3-11H,12-13H2,1-2H3,(H,21,25). The molecule has 0 aliphatic rings. The first-order chi connectivity index (χ1) is 13.5. The van der Waals surface area contributed by atoms with Crippen LogP contribution in [-0.4, -0.2) is 26.4 Å². The number of nitrogens with zero attached hydrogens (tertiary/aromatic N) is 3. The van der Waals surface area contributed by atoms with E-state index in [1.54, 1.807) is 12.1 Å². The van der Waals surface area contributed by atoms with Crippen LogP contribution in [0.5, 0.6) is 0 Å². The molecule has 1 aromatic heterocycles. The SMILES string of the molecule is Cc1nn(-c2ccccc2)c(C)c1CNC(=O)CSc1ccc([N+](=O)[O-])cc1. The first-order valence-corrected chi connectivity index (χ1v) is 9.68. The topological polar surface area (TPSA) is 90.1 Å². The van der Waals surface area contributed by atoms with Crippen LogP contribution in [0.4, 0.5) is 5.69 Å². The number of rotatable bonds is 7. The van der Waals surface area contributed by atoms with Crippen LogP contribution >= 0.6 is 11.8 Å². The highest BCUT2D eigenvalue weighted by atomic mass is 32.2. The quantitative estimate of drug-likeness (QED) is 0.373. The highest BCUT2D eigenvalue weighted by molar-refractivity contribution is 8.00. The molecule has 7 nitrogen and oxygen atoms in total. The molecule has 0 bridgehead atoms. The van der Waals surface area contributed by atoms with Gasteiger partial charge in [-0.15, -0.1) is 11.8 Å². The van der Waals surface area contributed by atoms with Gasteiger partial charge in [0.1, 0.15) is 0 Å². The van der Waals surface area contributed by atoms with Crippen LogP contribution in [-0.2, 0) is 11.3 Å². The van der Waals surface area contributed by atoms with Gasteiger partial charge in [-0.25, -0.2) is 4.68 Å². The second-order valence-electron chi connectivity index (χ2n) is 6.21. The largest absolute Gasteiger partial charge is 0.351 e. The summed E-state index contributed by atoms with van der Waals surface area (Å²) in [6, 6.07) is 16.0. The number of benzene rings is 2. The number of aryl methyl sites for hydroxylation is 1. The van der Waals surface area contributed by atoms with Crippen molar-refractivity contribution in [3.05, 3.63) is 81.7 Å². The van der Waals surface area contributed by atoms with Crippen molar-refractivity contribution in [3.8, 4) is 5.69 Å². The monoisotopic (exact) mass is 396 g/mol. The van der Waals surface area contributed by atoms with Crippen molar-refractivity contribution in [1.82, 2.24) is 15.1 Å². The highest BCUT2D eigenvalue weighted by Crippen LogP contribution is 2.21. The molecule has 8 heteroatoms. The van der Waals surface area contributed by atoms with E-state index >= 15 is 0 Å². The summed E-state index contributed by atoms with van der Waals surface area (Å²) in [5.74, 6) is 0.137. The summed E-state index contributed by atoms with van der Waals surface area (Å²) in [5, 5.41) is 18.2. The summed E-state index contributed by atoms with van der Waals surface area (Å²) >= 11 is 1.34. The number of para-hydroxylation sites is 1. The second-order valence-corrected chi connectivity index (χ2v) is 7.26. The average molecular weight is 396 g/mol. The Kier molecular flexibility index (Phi) is 6.10. The molecule has 3 aromatic rings. The van der Waals surface area contributed by atoms with Crippen LogP contribution < -0.4 is 5.32 Å². The summed E-state index contributed by atoms with van der Waals surface area (Å²) in [7, 11) is 0. The molecule has 0 aliphatic heterocycles. The molecule has 0 aliphatic carbocycles. The summed E-state index contributed by atoms with van der Waals surface area (Å²) in [5.41, 5.74) is 3.89. The van der Waals surface area contributed by atoms with Crippen molar-refractivity contribution in [2.45, 2.75) is 25.3 Å². The van der Waals surface area contributed by atoms with Crippen LogP contribution in [0.2, 0.25) is 0 Å². The number of thioether (sulfide) groups is 1. The van der Waals surface area contributed by atoms with E-state index in [0.29, 0.717) is 6.54 Å². The predicted molar refractivity (Wildman–Crippen MR) is 109 cm³/mol. The van der Waals surface area contributed by atoms with Crippen molar-refractivity contribution in [1.29, 1.82) is 0 Å². The van der Waals surface area contributed by atoms with Gasteiger partial charge in [0.15, 0.2) is 0 Å². The predicted octanol–water partition coefficient (Wildman–Crippen LogP) is 3.81. The molecular formula is C20H20N4O3S. The van der Waals surface area contributed by atoms with Gasteiger partial charge in [-0.1, -0.05) is 18.2 Å². The van der Waals surface area contributed by atoms with Gasteiger partial charge < -0.3 is 5.32 Å². The van der Waals surface area contributed by atoms with E-state index in [4.69, 9.17) is 0 Å². The van der Waals surface area contributed by atoms with Gasteiger partial charge in [0.05, 0.1) is 22.1 Å². The second kappa shape index (κ2) is 8.71. The molecule has 144 valence electrons. The molecule has 0 saturated heterocycles. The van der Waals surface area contributed by atoms with E-state index in [-0.39, 0.29) is 17.3 Å². The minimum absolute atomic E-state index is 0.0372. The molecule has 0 spiro atoms. The molecule has 0 unspecified atom stereocenters. The number of amides is 1. The average Bonchev–Trinajstić information content (AvgIpc) is 2.99. The fourth-order valence-corrected chi connectivity index (χ4v) is 3.53. The number of aromatic nitrogens is 2. The zero-order valence-corrected chi connectivity index (χ0v) is 16.4. The lowest BCUT2D eigenvalue weighted by atomic mass is 10.2. The van der Waals surface area contributed by atoms with Crippen molar-refractivity contribution < 1.29 is 9.72 Å². The maximum Gasteiger partial charge on any atom is 0.269 e. The number of hydrogen-bond acceptors (Lipinski definition) is 5. The van der Waals surface area contributed by atoms with Gasteiger partial charge in [0, 0.05) is 34.8 Å². The van der Waals surface area contributed by atoms with E-state index in [1.807, 2.05) is 48.9 Å². The zero-order valence-electron chi connectivity index (χ0n) is 15.6. The molecule has 1 N–H and O–H groups in total. The van der Waals surface area contributed by atoms with Crippen molar-refractivity contribution >= 4 is 23.4 Å². The van der Waals surface area contributed by atoms with Gasteiger partial charge in [0.25, 0.3) is 5.69 Å².